The minimum atomic E-state index is -2.27. The van der Waals surface area contributed by atoms with Gasteiger partial charge in [-0.2, -0.15) is 0 Å². The molecule has 1 amide bonds. The molecule has 0 atom stereocenters. The van der Waals surface area contributed by atoms with Crippen LogP contribution in [0.4, 0.5) is 0 Å². The van der Waals surface area contributed by atoms with E-state index in [-0.39, 0.29) is 6.54 Å². The van der Waals surface area contributed by atoms with E-state index in [0.717, 1.165) is 22.3 Å². The van der Waals surface area contributed by atoms with Crippen LogP contribution >= 0.6 is 22.9 Å². The number of halogens is 1. The number of hydrogen-bond donors (Lipinski definition) is 2. The van der Waals surface area contributed by atoms with E-state index in [9.17, 15) is 4.79 Å². The number of nitrogens with zero attached hydrogens (tertiary/aromatic N) is 1. The van der Waals surface area contributed by atoms with Crippen LogP contribution in [-0.4, -0.2) is 15.9 Å². The third-order valence-electron chi connectivity index (χ3n) is 4.21. The van der Waals surface area contributed by atoms with Crippen molar-refractivity contribution in [2.24, 2.45) is 5.41 Å². The summed E-state index contributed by atoms with van der Waals surface area (Å²) in [7, 11) is 0. The standard InChI is InChI=1S/C18H18ClN3O2S/c1-18(2-3-18)17(23)20-7-12-4-11-5-14(19)16(6-15(11)22-12)24-8-13-9-25-10-21-13/h4-6,9-10,22H,2-3,7-8H2,1H3,(H,20,23)/i1D3. The maximum atomic E-state index is 12.3. The second-order valence-electron chi connectivity index (χ2n) is 6.20. The van der Waals surface area contributed by atoms with Gasteiger partial charge in [-0.3, -0.25) is 4.79 Å². The third-order valence-corrected chi connectivity index (χ3v) is 5.14. The summed E-state index contributed by atoms with van der Waals surface area (Å²) >= 11 is 7.81. The van der Waals surface area contributed by atoms with Crippen LogP contribution in [0.3, 0.4) is 0 Å². The van der Waals surface area contributed by atoms with Crippen LogP contribution < -0.4 is 10.1 Å². The summed E-state index contributed by atoms with van der Waals surface area (Å²) in [6.07, 6.45) is 0.800. The number of carbonyl (C=O) groups excluding carboxylic acids is 1. The molecule has 4 rings (SSSR count). The monoisotopic (exact) mass is 378 g/mol. The fourth-order valence-electron chi connectivity index (χ4n) is 2.56. The summed E-state index contributed by atoms with van der Waals surface area (Å²) in [4.78, 5) is 19.7. The smallest absolute Gasteiger partial charge is 0.226 e. The van der Waals surface area contributed by atoms with Crippen molar-refractivity contribution in [3.05, 3.63) is 45.5 Å². The highest BCUT2D eigenvalue weighted by atomic mass is 35.5. The average molecular weight is 379 g/mol. The predicted octanol–water partition coefficient (Wildman–Crippen LogP) is 4.27. The Kier molecular flexibility index (Phi) is 3.35. The van der Waals surface area contributed by atoms with Crippen LogP contribution in [0, 0.1) is 5.41 Å². The quantitative estimate of drug-likeness (QED) is 0.673. The molecule has 0 saturated heterocycles. The van der Waals surface area contributed by atoms with E-state index in [2.05, 4.69) is 15.3 Å². The average Bonchev–Trinajstić information content (AvgIpc) is 3.14. The van der Waals surface area contributed by atoms with Gasteiger partial charge in [-0.05, 0) is 25.0 Å². The van der Waals surface area contributed by atoms with Gasteiger partial charge >= 0.3 is 0 Å². The lowest BCUT2D eigenvalue weighted by Crippen LogP contribution is -2.29. The molecular formula is C18H18ClN3O2S. The lowest BCUT2D eigenvalue weighted by Gasteiger charge is -2.08. The first-order valence-corrected chi connectivity index (χ1v) is 9.20. The van der Waals surface area contributed by atoms with Crippen molar-refractivity contribution in [1.29, 1.82) is 0 Å². The molecule has 3 aromatic rings. The van der Waals surface area contributed by atoms with Gasteiger partial charge in [0.15, 0.2) is 0 Å². The van der Waals surface area contributed by atoms with Crippen LogP contribution in [0.1, 0.15) is 35.2 Å². The summed E-state index contributed by atoms with van der Waals surface area (Å²) in [6.45, 7) is -1.72. The van der Waals surface area contributed by atoms with Crippen LogP contribution in [0.25, 0.3) is 10.9 Å². The molecule has 130 valence electrons. The van der Waals surface area contributed by atoms with Crippen LogP contribution in [0.15, 0.2) is 29.1 Å². The van der Waals surface area contributed by atoms with Gasteiger partial charge in [0.05, 0.1) is 22.8 Å². The largest absolute Gasteiger partial charge is 0.486 e. The van der Waals surface area contributed by atoms with E-state index in [1.165, 1.54) is 11.3 Å². The van der Waals surface area contributed by atoms with Crippen molar-refractivity contribution in [3.63, 3.8) is 0 Å². The van der Waals surface area contributed by atoms with Gasteiger partial charge in [-0.25, -0.2) is 4.98 Å². The van der Waals surface area contributed by atoms with Crippen molar-refractivity contribution in [3.8, 4) is 5.75 Å². The zero-order chi connectivity index (χ0) is 19.9. The fourth-order valence-corrected chi connectivity index (χ4v) is 3.33. The summed E-state index contributed by atoms with van der Waals surface area (Å²) in [5.74, 6) is 0.121. The number of aromatic nitrogens is 2. The Morgan fingerprint density at radius 2 is 2.40 bits per heavy atom. The molecule has 5 nitrogen and oxygen atoms in total. The Balaban J connectivity index is 1.45. The summed E-state index contributed by atoms with van der Waals surface area (Å²) in [5.41, 5.74) is 2.93. The number of H-pyrrole nitrogens is 1. The molecular weight excluding hydrogens is 358 g/mol. The number of thiazole rings is 1. The van der Waals surface area contributed by atoms with Crippen molar-refractivity contribution in [2.45, 2.75) is 32.8 Å². The van der Waals surface area contributed by atoms with Crippen molar-refractivity contribution < 1.29 is 13.6 Å². The lowest BCUT2D eigenvalue weighted by atomic mass is 10.1. The number of ether oxygens (including phenoxy) is 1. The summed E-state index contributed by atoms with van der Waals surface area (Å²) in [5, 5.41) is 6.02. The number of hydrogen-bond acceptors (Lipinski definition) is 4. The van der Waals surface area contributed by atoms with E-state index < -0.39 is 18.2 Å². The molecule has 2 aromatic heterocycles. The molecule has 0 unspecified atom stereocenters. The first-order chi connectivity index (χ1) is 13.3. The van der Waals surface area contributed by atoms with Gasteiger partial charge in [0.1, 0.15) is 12.4 Å². The second-order valence-corrected chi connectivity index (χ2v) is 7.32. The molecule has 0 radical (unpaired) electrons. The number of fused-ring (bicyclic) bond motifs is 1. The molecule has 25 heavy (non-hydrogen) atoms. The van der Waals surface area contributed by atoms with Gasteiger partial charge in [-0.1, -0.05) is 18.5 Å². The van der Waals surface area contributed by atoms with Gasteiger partial charge in [0, 0.05) is 37.6 Å². The Labute approximate surface area is 158 Å². The van der Waals surface area contributed by atoms with Crippen molar-refractivity contribution >= 4 is 39.7 Å². The Morgan fingerprint density at radius 1 is 1.52 bits per heavy atom. The number of aromatic amines is 1. The number of carbonyl (C=O) groups is 1. The highest BCUT2D eigenvalue weighted by molar-refractivity contribution is 7.07. The summed E-state index contributed by atoms with van der Waals surface area (Å²) in [6, 6.07) is 5.47. The lowest BCUT2D eigenvalue weighted by molar-refractivity contribution is -0.125. The molecule has 1 saturated carbocycles. The normalized spacial score (nSPS) is 17.6. The Morgan fingerprint density at radius 3 is 3.12 bits per heavy atom. The van der Waals surface area contributed by atoms with E-state index in [4.69, 9.17) is 20.5 Å². The molecule has 0 aliphatic heterocycles. The van der Waals surface area contributed by atoms with Crippen molar-refractivity contribution in [1.82, 2.24) is 15.3 Å². The fraction of sp³-hybridized carbons (Fsp3) is 0.333. The minimum Gasteiger partial charge on any atom is -0.486 e. The molecule has 0 bridgehead atoms. The predicted molar refractivity (Wildman–Crippen MR) is 98.9 cm³/mol. The minimum absolute atomic E-state index is 0.220. The molecule has 2 N–H and O–H groups in total. The van der Waals surface area contributed by atoms with Gasteiger partial charge in [0.2, 0.25) is 5.91 Å². The van der Waals surface area contributed by atoms with Gasteiger partial charge in [0.25, 0.3) is 0 Å². The first-order valence-electron chi connectivity index (χ1n) is 9.38. The van der Waals surface area contributed by atoms with Crippen molar-refractivity contribution in [2.75, 3.05) is 0 Å². The Bertz CT molecular complexity index is 1010. The molecule has 1 aliphatic carbocycles. The highest BCUT2D eigenvalue weighted by Crippen LogP contribution is 2.45. The molecule has 0 spiro atoms. The molecule has 1 fully saturated rings. The number of benzene rings is 1. The topological polar surface area (TPSA) is 67.0 Å². The highest BCUT2D eigenvalue weighted by Gasteiger charge is 2.44. The SMILES string of the molecule is [2H]C([2H])([2H])C1(C(=O)NCc2cc3cc(Cl)c(OCc4cscn4)cc3[nH]2)CC1. The number of amides is 1. The van der Waals surface area contributed by atoms with E-state index >= 15 is 0 Å². The van der Waals surface area contributed by atoms with Gasteiger partial charge < -0.3 is 15.0 Å². The number of rotatable bonds is 6. The second kappa shape index (κ2) is 6.35. The van der Waals surface area contributed by atoms with E-state index in [1.807, 2.05) is 11.4 Å². The van der Waals surface area contributed by atoms with E-state index in [1.54, 1.807) is 17.6 Å². The first kappa shape index (κ1) is 13.2. The van der Waals surface area contributed by atoms with Gasteiger partial charge in [-0.15, -0.1) is 11.3 Å². The maximum Gasteiger partial charge on any atom is 0.226 e. The third kappa shape index (κ3) is 3.50. The molecule has 1 aromatic carbocycles. The van der Waals surface area contributed by atoms with Crippen LogP contribution in [-0.2, 0) is 17.9 Å². The van der Waals surface area contributed by atoms with Crippen LogP contribution in [0.5, 0.6) is 5.75 Å². The molecule has 2 heterocycles. The maximum absolute atomic E-state index is 12.3. The van der Waals surface area contributed by atoms with E-state index in [0.29, 0.717) is 30.2 Å². The Hall–Kier alpha value is -2.05. The zero-order valence-electron chi connectivity index (χ0n) is 16.3. The summed E-state index contributed by atoms with van der Waals surface area (Å²) < 4.78 is 28.5. The van der Waals surface area contributed by atoms with Crippen LogP contribution in [0.2, 0.25) is 5.02 Å². The molecule has 1 aliphatic rings. The molecule has 7 heteroatoms. The zero-order valence-corrected chi connectivity index (χ0v) is 14.8. The number of nitrogens with one attached hydrogen (secondary N) is 2.